The molecule has 2 aliphatic carbocycles. The van der Waals surface area contributed by atoms with Crippen molar-refractivity contribution in [2.75, 3.05) is 19.6 Å². The smallest absolute Gasteiger partial charge is 0.341 e. The Balaban J connectivity index is 1.91. The van der Waals surface area contributed by atoms with E-state index in [0.29, 0.717) is 12.8 Å². The van der Waals surface area contributed by atoms with Gasteiger partial charge in [0.05, 0.1) is 12.1 Å². The molecule has 2 aliphatic rings. The van der Waals surface area contributed by atoms with Gasteiger partial charge in [-0.3, -0.25) is 0 Å². The molecule has 0 amide bonds. The van der Waals surface area contributed by atoms with Crippen LogP contribution < -0.4 is 11.7 Å². The van der Waals surface area contributed by atoms with E-state index < -0.39 is 17.9 Å². The highest BCUT2D eigenvalue weighted by molar-refractivity contribution is 5.94. The molecule has 174 valence electrons. The molecule has 2 saturated carbocycles. The third-order valence-electron chi connectivity index (χ3n) is 6.44. The van der Waals surface area contributed by atoms with Crippen LogP contribution in [0.2, 0.25) is 0 Å². The van der Waals surface area contributed by atoms with Crippen molar-refractivity contribution in [1.29, 1.82) is 0 Å². The normalized spacial score (nSPS) is 18.3. The van der Waals surface area contributed by atoms with Gasteiger partial charge in [0, 0.05) is 0 Å². The molecule has 30 heavy (non-hydrogen) atoms. The molecule has 0 atom stereocenters. The average Bonchev–Trinajstić information content (AvgIpc) is 3.44. The fraction of sp³-hybridized carbons (Fsp3) is 0.905. The molecule has 0 spiro atoms. The zero-order chi connectivity index (χ0) is 21.9. The van der Waals surface area contributed by atoms with E-state index in [1.807, 2.05) is 0 Å². The summed E-state index contributed by atoms with van der Waals surface area (Å²) in [6.07, 6.45) is 9.79. The van der Waals surface area contributed by atoms with Crippen LogP contribution in [-0.2, 0) is 19.3 Å². The van der Waals surface area contributed by atoms with Gasteiger partial charge in [-0.1, -0.05) is 56.3 Å². The maximum Gasteiger partial charge on any atom is 0.341 e. The lowest BCUT2D eigenvalue weighted by Crippen LogP contribution is -2.46. The van der Waals surface area contributed by atoms with Crippen molar-refractivity contribution in [3.8, 4) is 0 Å². The van der Waals surface area contributed by atoms with E-state index >= 15 is 0 Å². The summed E-state index contributed by atoms with van der Waals surface area (Å²) < 4.78 is 0. The summed E-state index contributed by atoms with van der Waals surface area (Å²) >= 11 is 0. The third kappa shape index (κ3) is 7.77. The molecule has 0 aromatic carbocycles. The molecule has 9 heteroatoms. The zero-order valence-corrected chi connectivity index (χ0v) is 18.8. The Hall–Kier alpha value is -1.26. The fourth-order valence-electron chi connectivity index (χ4n) is 4.36. The first-order valence-electron chi connectivity index (χ1n) is 11.7. The molecule has 0 radical (unpaired) electrons. The number of carbonyl (C=O) groups excluding carboxylic acids is 2. The summed E-state index contributed by atoms with van der Waals surface area (Å²) in [5.74, 6) is 9.55. The number of rotatable bonds is 13. The van der Waals surface area contributed by atoms with Crippen molar-refractivity contribution >= 4 is 11.9 Å². The van der Waals surface area contributed by atoms with E-state index in [4.69, 9.17) is 21.4 Å². The predicted molar refractivity (Wildman–Crippen MR) is 114 cm³/mol. The van der Waals surface area contributed by atoms with E-state index in [1.165, 1.54) is 0 Å². The van der Waals surface area contributed by atoms with Crippen LogP contribution in [0.1, 0.15) is 84.5 Å². The summed E-state index contributed by atoms with van der Waals surface area (Å²) in [5, 5.41) is 2.26. The molecule has 0 bridgehead atoms. The maximum absolute atomic E-state index is 12.8. The van der Waals surface area contributed by atoms with Crippen LogP contribution in [0.25, 0.3) is 0 Å². The summed E-state index contributed by atoms with van der Waals surface area (Å²) in [6.45, 7) is 7.14. The average molecular weight is 428 g/mol. The van der Waals surface area contributed by atoms with Gasteiger partial charge in [-0.25, -0.2) is 21.3 Å². The van der Waals surface area contributed by atoms with Gasteiger partial charge in [0.25, 0.3) is 0 Å². The van der Waals surface area contributed by atoms with Crippen LogP contribution in [0.3, 0.4) is 0 Å². The Kier molecular flexibility index (Phi) is 11.0. The first-order chi connectivity index (χ1) is 14.5. The molecule has 2 rings (SSSR count). The number of hydrazine groups is 2. The lowest BCUT2D eigenvalue weighted by molar-refractivity contribution is -0.223. The van der Waals surface area contributed by atoms with Gasteiger partial charge in [-0.15, -0.1) is 0 Å². The number of hydroxylamine groups is 2. The van der Waals surface area contributed by atoms with E-state index in [-0.39, 0.29) is 12.1 Å². The van der Waals surface area contributed by atoms with Crippen molar-refractivity contribution in [2.24, 2.45) is 17.6 Å². The molecule has 0 aliphatic heterocycles. The number of hydrogen-bond acceptors (Lipinski definition) is 9. The first-order valence-corrected chi connectivity index (χ1v) is 11.7. The monoisotopic (exact) mass is 427 g/mol. The highest BCUT2D eigenvalue weighted by Gasteiger charge is 2.35. The van der Waals surface area contributed by atoms with Crippen LogP contribution >= 0.6 is 0 Å². The molecular formula is C21H41N5O4. The lowest BCUT2D eigenvalue weighted by Gasteiger charge is -2.26. The molecule has 0 aromatic rings. The van der Waals surface area contributed by atoms with Crippen molar-refractivity contribution in [3.63, 3.8) is 0 Å². The number of hydrogen-bond donors (Lipinski definition) is 2. The Morgan fingerprint density at radius 3 is 1.67 bits per heavy atom. The molecule has 0 aromatic heterocycles. The summed E-state index contributed by atoms with van der Waals surface area (Å²) in [5.41, 5.74) is 0. The Bertz CT molecular complexity index is 484. The molecule has 9 nitrogen and oxygen atoms in total. The van der Waals surface area contributed by atoms with Crippen LogP contribution in [0.4, 0.5) is 0 Å². The van der Waals surface area contributed by atoms with Crippen molar-refractivity contribution in [1.82, 2.24) is 15.2 Å². The molecule has 2 fully saturated rings. The highest BCUT2D eigenvalue weighted by atomic mass is 16.7. The molecule has 0 heterocycles. The number of nitrogens with two attached hydrogens (primary N) is 2. The van der Waals surface area contributed by atoms with Gasteiger partial charge in [-0.2, -0.15) is 0 Å². The number of carbonyl (C=O) groups is 2. The predicted octanol–water partition coefficient (Wildman–Crippen LogP) is 2.27. The minimum absolute atomic E-state index is 0.0118. The summed E-state index contributed by atoms with van der Waals surface area (Å²) in [7, 11) is 0. The third-order valence-corrected chi connectivity index (χ3v) is 6.44. The first kappa shape index (κ1) is 25.0. The van der Waals surface area contributed by atoms with Crippen LogP contribution in [0.5, 0.6) is 0 Å². The largest absolute Gasteiger partial charge is 0.352 e. The van der Waals surface area contributed by atoms with Crippen LogP contribution in [-0.4, -0.2) is 58.9 Å². The standard InChI is InChI=1S/C21H41N5O4/c1-3-24(4-2)16-10-9-15-19(20(27)29-25(22)17-11-5-6-12-17)21(28)30-26(23)18-13-7-8-14-18/h17-19H,3-16,22-23H2,1-2H3. The van der Waals surface area contributed by atoms with E-state index in [9.17, 15) is 9.59 Å². The minimum Gasteiger partial charge on any atom is -0.352 e. The van der Waals surface area contributed by atoms with Gasteiger partial charge < -0.3 is 14.6 Å². The SMILES string of the molecule is CCN(CC)CCCCC(C(=O)ON(N)C1CCCC1)C(=O)ON(N)C1CCCC1. The van der Waals surface area contributed by atoms with Crippen molar-refractivity contribution in [3.05, 3.63) is 0 Å². The maximum atomic E-state index is 12.8. The molecule has 0 saturated heterocycles. The van der Waals surface area contributed by atoms with Gasteiger partial charge >= 0.3 is 11.9 Å². The quantitative estimate of drug-likeness (QED) is 0.198. The van der Waals surface area contributed by atoms with Gasteiger partial charge in [0.2, 0.25) is 0 Å². The van der Waals surface area contributed by atoms with E-state index in [2.05, 4.69) is 18.7 Å². The van der Waals surface area contributed by atoms with Crippen molar-refractivity contribution < 1.29 is 19.3 Å². The Morgan fingerprint density at radius 1 is 0.833 bits per heavy atom. The zero-order valence-electron chi connectivity index (χ0n) is 18.8. The fourth-order valence-corrected chi connectivity index (χ4v) is 4.36. The minimum atomic E-state index is -1.03. The Morgan fingerprint density at radius 2 is 1.27 bits per heavy atom. The van der Waals surface area contributed by atoms with Crippen molar-refractivity contribution in [2.45, 2.75) is 96.6 Å². The topological polar surface area (TPSA) is 114 Å². The van der Waals surface area contributed by atoms with Crippen LogP contribution in [0.15, 0.2) is 0 Å². The second-order valence-electron chi connectivity index (χ2n) is 8.49. The molecular weight excluding hydrogens is 386 g/mol. The van der Waals surface area contributed by atoms with Gasteiger partial charge in [-0.05, 0) is 58.2 Å². The molecule has 4 N–H and O–H groups in total. The lowest BCUT2D eigenvalue weighted by atomic mass is 10.0. The highest BCUT2D eigenvalue weighted by Crippen LogP contribution is 2.24. The number of nitrogens with zero attached hydrogens (tertiary/aromatic N) is 3. The van der Waals surface area contributed by atoms with Crippen LogP contribution in [0, 0.1) is 5.92 Å². The molecule has 0 unspecified atom stereocenters. The van der Waals surface area contributed by atoms with Gasteiger partial charge in [0.15, 0.2) is 5.92 Å². The Labute approximate surface area is 180 Å². The number of unbranched alkanes of at least 4 members (excludes halogenated alkanes) is 1. The van der Waals surface area contributed by atoms with Gasteiger partial charge in [0.1, 0.15) is 0 Å². The van der Waals surface area contributed by atoms with E-state index in [0.717, 1.165) is 87.8 Å². The summed E-state index contributed by atoms with van der Waals surface area (Å²) in [4.78, 5) is 38.6. The summed E-state index contributed by atoms with van der Waals surface area (Å²) in [6, 6.07) is 0.0237. The second kappa shape index (κ2) is 13.2. The second-order valence-corrected chi connectivity index (χ2v) is 8.49. The van der Waals surface area contributed by atoms with E-state index in [1.54, 1.807) is 0 Å².